The Bertz CT molecular complexity index is 2350. The number of hydrogen-bond donors (Lipinski definition) is 0. The maximum absolute atomic E-state index is 6.43. The van der Waals surface area contributed by atoms with Crippen molar-refractivity contribution in [3.05, 3.63) is 182 Å². The van der Waals surface area contributed by atoms with E-state index in [-0.39, 0.29) is 0 Å². The topological polar surface area (TPSA) is 41.5 Å². The summed E-state index contributed by atoms with van der Waals surface area (Å²) in [5.74, 6) is 2.24. The van der Waals surface area contributed by atoms with Crippen molar-refractivity contribution in [3.8, 4) is 45.4 Å². The first kappa shape index (κ1) is 30.2. The summed E-state index contributed by atoms with van der Waals surface area (Å²) in [6, 6.07) is 63.1. The number of ether oxygens (including phenoxy) is 1. The minimum Gasteiger partial charge on any atom is -0.453 e. The highest BCUT2D eigenvalue weighted by molar-refractivity contribution is 7.99. The maximum Gasteiger partial charge on any atom is 0.160 e. The molecule has 8 aromatic rings. The van der Waals surface area contributed by atoms with Crippen LogP contribution in [0.3, 0.4) is 0 Å². The molecule has 0 radical (unpaired) electrons. The second kappa shape index (κ2) is 12.6. The molecule has 0 atom stereocenters. The molecule has 0 aliphatic carbocycles. The van der Waals surface area contributed by atoms with Crippen LogP contribution < -0.4 is 14.5 Å². The van der Waals surface area contributed by atoms with Gasteiger partial charge in [-0.1, -0.05) is 121 Å². The average molecular weight is 687 g/mol. The molecule has 2 aliphatic rings. The molecule has 0 unspecified atom stereocenters. The molecule has 6 heteroatoms. The highest BCUT2D eigenvalue weighted by Gasteiger charge is 2.29. The second-order valence-electron chi connectivity index (χ2n) is 12.7. The molecular weight excluding hydrogens is 657 g/mol. The van der Waals surface area contributed by atoms with E-state index in [1.165, 1.54) is 9.79 Å². The van der Waals surface area contributed by atoms with Crippen LogP contribution in [-0.2, 0) is 0 Å². The third kappa shape index (κ3) is 5.29. The summed E-state index contributed by atoms with van der Waals surface area (Å²) in [5, 5.41) is 0. The molecule has 0 saturated heterocycles. The van der Waals surface area contributed by atoms with E-state index in [2.05, 4.69) is 155 Å². The van der Waals surface area contributed by atoms with Gasteiger partial charge in [0, 0.05) is 37.9 Å². The lowest BCUT2D eigenvalue weighted by Gasteiger charge is -2.36. The van der Waals surface area contributed by atoms with Crippen molar-refractivity contribution in [1.82, 2.24) is 9.97 Å². The van der Waals surface area contributed by atoms with Gasteiger partial charge in [0.05, 0.1) is 34.1 Å². The molecule has 0 amide bonds. The highest BCUT2D eigenvalue weighted by Crippen LogP contribution is 2.54. The smallest absolute Gasteiger partial charge is 0.160 e. The van der Waals surface area contributed by atoms with Crippen LogP contribution in [0.25, 0.3) is 33.9 Å². The zero-order valence-corrected chi connectivity index (χ0v) is 28.7. The zero-order chi connectivity index (χ0) is 34.4. The maximum atomic E-state index is 6.43. The summed E-state index contributed by atoms with van der Waals surface area (Å²) < 4.78 is 6.43. The molecule has 246 valence electrons. The Morgan fingerprint density at radius 2 is 0.808 bits per heavy atom. The molecule has 10 rings (SSSR count). The minimum atomic E-state index is 0.645. The van der Waals surface area contributed by atoms with Gasteiger partial charge < -0.3 is 14.5 Å². The lowest BCUT2D eigenvalue weighted by Crippen LogP contribution is -2.18. The Morgan fingerprint density at radius 1 is 0.385 bits per heavy atom. The van der Waals surface area contributed by atoms with Crippen LogP contribution >= 0.6 is 11.8 Å². The Labute approximate surface area is 306 Å². The number of rotatable bonds is 5. The molecule has 0 saturated carbocycles. The van der Waals surface area contributed by atoms with Crippen LogP contribution in [0.15, 0.2) is 192 Å². The molecule has 1 aromatic heterocycles. The van der Waals surface area contributed by atoms with Crippen LogP contribution in [0.5, 0.6) is 11.5 Å². The minimum absolute atomic E-state index is 0.645. The molecular formula is C46H30N4OS. The molecule has 0 fully saturated rings. The predicted octanol–water partition coefficient (Wildman–Crippen LogP) is 13.0. The van der Waals surface area contributed by atoms with Gasteiger partial charge in [-0.2, -0.15) is 0 Å². The number of benzene rings is 7. The fraction of sp³-hybridized carbons (Fsp3) is 0. The monoisotopic (exact) mass is 686 g/mol. The summed E-state index contributed by atoms with van der Waals surface area (Å²) in [4.78, 5) is 17.6. The molecule has 0 bridgehead atoms. The van der Waals surface area contributed by atoms with Gasteiger partial charge in [-0.05, 0) is 72.8 Å². The fourth-order valence-electron chi connectivity index (χ4n) is 7.04. The molecule has 3 heterocycles. The van der Waals surface area contributed by atoms with E-state index in [1.807, 2.05) is 36.4 Å². The van der Waals surface area contributed by atoms with Crippen LogP contribution in [0.2, 0.25) is 0 Å². The zero-order valence-electron chi connectivity index (χ0n) is 27.9. The second-order valence-corrected chi connectivity index (χ2v) is 13.8. The van der Waals surface area contributed by atoms with Crippen molar-refractivity contribution in [2.45, 2.75) is 9.79 Å². The van der Waals surface area contributed by atoms with Gasteiger partial charge in [0.25, 0.3) is 0 Å². The van der Waals surface area contributed by atoms with Crippen molar-refractivity contribution in [3.63, 3.8) is 0 Å². The normalized spacial score (nSPS) is 12.6. The fourth-order valence-corrected chi connectivity index (χ4v) is 8.10. The standard InChI is InChI=1S/C46H30N4OS/c1-3-15-31(16-4-1)36-30-37(32-17-5-2-6-18-32)48-46(47-36)33-27-34(49-38-19-7-11-23-42(38)51-43-24-12-8-20-39(43)49)29-35(28-33)50-40-21-9-13-25-44(40)52-45-26-14-10-22-41(45)50/h1-30H. The number of fused-ring (bicyclic) bond motifs is 4. The Hall–Kier alpha value is -6.63. The van der Waals surface area contributed by atoms with E-state index in [9.17, 15) is 0 Å². The van der Waals surface area contributed by atoms with Crippen LogP contribution in [0.4, 0.5) is 34.1 Å². The van der Waals surface area contributed by atoms with Gasteiger partial charge in [0.1, 0.15) is 0 Å². The summed E-state index contributed by atoms with van der Waals surface area (Å²) in [6.07, 6.45) is 0. The van der Waals surface area contributed by atoms with Gasteiger partial charge >= 0.3 is 0 Å². The number of nitrogens with zero attached hydrogens (tertiary/aromatic N) is 4. The molecule has 5 nitrogen and oxygen atoms in total. The molecule has 52 heavy (non-hydrogen) atoms. The van der Waals surface area contributed by atoms with E-state index in [0.717, 1.165) is 73.7 Å². The Balaban J connectivity index is 1.26. The number of hydrogen-bond acceptors (Lipinski definition) is 6. The number of para-hydroxylation sites is 6. The van der Waals surface area contributed by atoms with Crippen LogP contribution in [0, 0.1) is 0 Å². The lowest BCUT2D eigenvalue weighted by molar-refractivity contribution is 0.477. The predicted molar refractivity (Wildman–Crippen MR) is 212 cm³/mol. The SMILES string of the molecule is c1ccc(-c2cc(-c3ccccc3)nc(-c3cc(N4c5ccccc5Oc5ccccc54)cc(N4c5ccccc5Sc5ccccc54)c3)n2)cc1. The van der Waals surface area contributed by atoms with E-state index < -0.39 is 0 Å². The van der Waals surface area contributed by atoms with E-state index >= 15 is 0 Å². The first-order valence-electron chi connectivity index (χ1n) is 17.2. The van der Waals surface area contributed by atoms with Crippen molar-refractivity contribution < 1.29 is 4.74 Å². The van der Waals surface area contributed by atoms with Gasteiger partial charge in [-0.25, -0.2) is 9.97 Å². The largest absolute Gasteiger partial charge is 0.453 e. The van der Waals surface area contributed by atoms with Crippen LogP contribution in [-0.4, -0.2) is 9.97 Å². The van der Waals surface area contributed by atoms with Crippen molar-refractivity contribution >= 4 is 45.9 Å². The Kier molecular flexibility index (Phi) is 7.32. The number of aromatic nitrogens is 2. The number of anilines is 6. The van der Waals surface area contributed by atoms with Gasteiger partial charge in [0.2, 0.25) is 0 Å². The van der Waals surface area contributed by atoms with Gasteiger partial charge in [0.15, 0.2) is 17.3 Å². The van der Waals surface area contributed by atoms with Crippen LogP contribution in [0.1, 0.15) is 0 Å². The third-order valence-corrected chi connectivity index (χ3v) is 10.5. The summed E-state index contributed by atoms with van der Waals surface area (Å²) >= 11 is 1.80. The quantitative estimate of drug-likeness (QED) is 0.179. The van der Waals surface area contributed by atoms with Crippen molar-refractivity contribution in [2.75, 3.05) is 9.80 Å². The highest BCUT2D eigenvalue weighted by atomic mass is 32.2. The summed E-state index contributed by atoms with van der Waals surface area (Å²) in [5.41, 5.74) is 10.8. The molecule has 7 aromatic carbocycles. The van der Waals surface area contributed by atoms with E-state index in [1.54, 1.807) is 11.8 Å². The molecule has 0 spiro atoms. The van der Waals surface area contributed by atoms with Gasteiger partial charge in [-0.15, -0.1) is 0 Å². The average Bonchev–Trinajstić information content (AvgIpc) is 3.22. The summed E-state index contributed by atoms with van der Waals surface area (Å²) in [7, 11) is 0. The first-order valence-corrected chi connectivity index (χ1v) is 18.1. The van der Waals surface area contributed by atoms with Gasteiger partial charge in [-0.3, -0.25) is 0 Å². The Morgan fingerprint density at radius 3 is 1.33 bits per heavy atom. The van der Waals surface area contributed by atoms with Crippen molar-refractivity contribution in [1.29, 1.82) is 0 Å². The van der Waals surface area contributed by atoms with E-state index in [4.69, 9.17) is 14.7 Å². The summed E-state index contributed by atoms with van der Waals surface area (Å²) in [6.45, 7) is 0. The lowest BCUT2D eigenvalue weighted by atomic mass is 10.0. The van der Waals surface area contributed by atoms with E-state index in [0.29, 0.717) is 5.82 Å². The first-order chi connectivity index (χ1) is 25.8. The third-order valence-electron chi connectivity index (χ3n) is 9.41. The molecule has 0 N–H and O–H groups in total. The van der Waals surface area contributed by atoms with Crippen molar-refractivity contribution in [2.24, 2.45) is 0 Å². The molecule has 2 aliphatic heterocycles.